The van der Waals surface area contributed by atoms with Crippen LogP contribution in [0.4, 0.5) is 0 Å². The van der Waals surface area contributed by atoms with E-state index in [2.05, 4.69) is 74.4 Å². The SMILES string of the molecule is CC(C)C[C@H](NC(=O)[C@@H]1CSSC[C@@H]2NC(=O)[C@H](CC(C)C)NC(=O)C(CCC(=O)O)NC(=O)[C@@H](NC(=O)[C@H](CCC(=O)O)NC(=O)[C@H](CC(=O)O)NC(=O)[C@@H](N)CC(N)=O)CSSC[C@H](NC(=O)[C@H](C)NC(=O)[C@H](C(C)C)NC(=O)[C@H](CC(N)=O)NC(=O)[C@H](C(C)C)NC2=O)C(=O)N[C@@H]([C@@H](C)O)C(=O)NCC(=O)N1)C(=O)O. The van der Waals surface area contributed by atoms with Crippen LogP contribution in [0.3, 0.4) is 0 Å². The highest BCUT2D eigenvalue weighted by Gasteiger charge is 2.41. The summed E-state index contributed by atoms with van der Waals surface area (Å²) in [5, 5.41) is 85.4. The van der Waals surface area contributed by atoms with Crippen molar-refractivity contribution in [2.24, 2.45) is 40.9 Å². The number of nitrogens with one attached hydrogen (secondary N) is 15. The van der Waals surface area contributed by atoms with Crippen molar-refractivity contribution in [3.05, 3.63) is 0 Å². The number of primary amides is 2. The number of fused-ring (bicyclic) bond motifs is 37. The van der Waals surface area contributed by atoms with Crippen LogP contribution < -0.4 is 97.0 Å². The molecule has 3 aliphatic rings. The lowest BCUT2D eigenvalue weighted by atomic mass is 10.00. The van der Waals surface area contributed by atoms with Crippen LogP contribution in [0.1, 0.15) is 127 Å². The highest BCUT2D eigenvalue weighted by Crippen LogP contribution is 2.26. The molecule has 113 heavy (non-hydrogen) atoms. The van der Waals surface area contributed by atoms with Gasteiger partial charge in [-0.2, -0.15) is 0 Å². The lowest BCUT2D eigenvalue weighted by molar-refractivity contribution is -0.143. The minimum absolute atomic E-state index is 0.111. The number of rotatable bonds is 28. The zero-order valence-electron chi connectivity index (χ0n) is 63.6. The van der Waals surface area contributed by atoms with E-state index in [1.807, 2.05) is 5.32 Å². The molecular formula is C65H104N18O26S4. The minimum atomic E-state index is -2.11. The Labute approximate surface area is 664 Å². The van der Waals surface area contributed by atoms with Crippen molar-refractivity contribution in [3.63, 3.8) is 0 Å². The third-order valence-electron chi connectivity index (χ3n) is 16.4. The lowest BCUT2D eigenvalue weighted by Gasteiger charge is -2.29. The summed E-state index contributed by atoms with van der Waals surface area (Å²) < 4.78 is 0. The number of carbonyl (C=O) groups is 21. The fourth-order valence-corrected chi connectivity index (χ4v) is 15.0. The first-order valence-corrected chi connectivity index (χ1v) is 40.5. The molecule has 48 heteroatoms. The van der Waals surface area contributed by atoms with Crippen LogP contribution >= 0.6 is 43.2 Å². The van der Waals surface area contributed by atoms with Gasteiger partial charge in [0.15, 0.2) is 0 Å². The van der Waals surface area contributed by atoms with E-state index in [0.717, 1.165) is 35.4 Å². The van der Waals surface area contributed by atoms with Crippen LogP contribution in [0.15, 0.2) is 0 Å². The molecule has 0 aromatic heterocycles. The summed E-state index contributed by atoms with van der Waals surface area (Å²) in [6.07, 6.45) is -8.77. The van der Waals surface area contributed by atoms with Crippen LogP contribution in [-0.4, -0.2) is 276 Å². The van der Waals surface area contributed by atoms with E-state index < -0.39 is 313 Å². The third-order valence-corrected chi connectivity index (χ3v) is 21.3. The van der Waals surface area contributed by atoms with Gasteiger partial charge in [0, 0.05) is 35.9 Å². The summed E-state index contributed by atoms with van der Waals surface area (Å²) in [7, 11) is 2.59. The van der Waals surface area contributed by atoms with Crippen molar-refractivity contribution in [2.75, 3.05) is 29.6 Å². The van der Waals surface area contributed by atoms with Gasteiger partial charge in [-0.25, -0.2) is 4.79 Å². The molecule has 3 saturated heterocycles. The van der Waals surface area contributed by atoms with Gasteiger partial charge in [0.1, 0.15) is 84.6 Å². The number of amides is 17. The fraction of sp³-hybridized carbons (Fsp3) is 0.677. The first kappa shape index (κ1) is 99.3. The van der Waals surface area contributed by atoms with E-state index in [0.29, 0.717) is 21.6 Å². The van der Waals surface area contributed by atoms with Gasteiger partial charge in [-0.1, -0.05) is 98.6 Å². The van der Waals surface area contributed by atoms with Crippen molar-refractivity contribution in [2.45, 2.75) is 224 Å². The number of hydrogen-bond donors (Lipinski definition) is 23. The molecular weight excluding hydrogens is 1580 g/mol. The molecule has 3 rings (SSSR count). The maximum absolute atomic E-state index is 14.9. The fourth-order valence-electron chi connectivity index (χ4n) is 10.4. The van der Waals surface area contributed by atoms with Crippen LogP contribution in [0.25, 0.3) is 0 Å². The largest absolute Gasteiger partial charge is 0.481 e. The second kappa shape index (κ2) is 49.0. The highest BCUT2D eigenvalue weighted by molar-refractivity contribution is 8.77. The molecule has 26 N–H and O–H groups in total. The summed E-state index contributed by atoms with van der Waals surface area (Å²) in [5.74, 6) is -32.5. The standard InChI is InChI=1S/C65H104N18O26S4/c1-25(2)15-34-55(98)80-41-24-113-110-21-38(58(101)77-37(65(108)109)16-26(3)4)71-44(87)20-69-62(105)50(30(10)84)83-61(104)40(78-51(94)29(9)70-63(106)48(27(5)6)81-57(100)35(18-43(68)86)76-64(107)49(28(7)8)82-60(41)103)23-112-111-22-39(59(102)73-32(53(96)75-34)11-13-45(88)89)79-54(97)33(12-14-46(90)91)72-56(99)36(19-47(92)93)74-52(95)31(66)17-42(67)85/h25-41,48-50,84H,11-24,66H2,1-10H3,(H2,67,85)(H2,68,86)(H,69,105)(H,70,106)(H,71,87)(H,72,99)(H,73,102)(H,74,95)(H,75,96)(H,76,107)(H,77,101)(H,78,94)(H,79,97)(H,80,98)(H,81,100)(H,82,103)(H,83,104)(H,88,89)(H,90,91)(H,92,93)(H,108,109)/t29-,30+,31-,32?,33-,34-,35-,36-,37-,38-,39-,40-,41-,48-,49-,50-/m0/s1. The van der Waals surface area contributed by atoms with Crippen LogP contribution in [0.5, 0.6) is 0 Å². The molecule has 17 amide bonds. The van der Waals surface area contributed by atoms with E-state index in [4.69, 9.17) is 17.2 Å². The summed E-state index contributed by atoms with van der Waals surface area (Å²) in [4.78, 5) is 288. The average molecular weight is 1680 g/mol. The predicted molar refractivity (Wildman–Crippen MR) is 405 cm³/mol. The molecule has 634 valence electrons. The van der Waals surface area contributed by atoms with E-state index in [9.17, 15) is 126 Å². The molecule has 0 aromatic rings. The van der Waals surface area contributed by atoms with Gasteiger partial charge in [-0.05, 0) is 63.2 Å². The molecule has 1 unspecified atom stereocenters. The molecule has 0 aliphatic carbocycles. The number of nitrogens with two attached hydrogens (primary N) is 3. The topological polar surface area (TPSA) is 718 Å². The first-order valence-electron chi connectivity index (χ1n) is 35.5. The number of aliphatic carboxylic acids is 4. The lowest BCUT2D eigenvalue weighted by Crippen LogP contribution is -2.62. The Bertz CT molecular complexity index is 3490. The first-order chi connectivity index (χ1) is 52.6. The van der Waals surface area contributed by atoms with E-state index in [1.165, 1.54) is 27.7 Å². The Morgan fingerprint density at radius 3 is 1.48 bits per heavy atom. The summed E-state index contributed by atoms with van der Waals surface area (Å²) in [5.41, 5.74) is 16.4. The smallest absolute Gasteiger partial charge is 0.326 e. The predicted octanol–water partition coefficient (Wildman–Crippen LogP) is -8.15. The molecule has 3 aliphatic heterocycles. The minimum Gasteiger partial charge on any atom is -0.481 e. The molecule has 0 spiro atoms. The van der Waals surface area contributed by atoms with E-state index in [-0.39, 0.29) is 18.8 Å². The number of carboxylic acid groups (broad SMARTS) is 4. The number of carboxylic acids is 4. The summed E-state index contributed by atoms with van der Waals surface area (Å²) in [6.45, 7) is 13.3. The van der Waals surface area contributed by atoms with Gasteiger partial charge in [0.25, 0.3) is 0 Å². The van der Waals surface area contributed by atoms with Crippen molar-refractivity contribution in [3.8, 4) is 0 Å². The Kier molecular flexibility index (Phi) is 43.0. The number of hydrogen-bond acceptors (Lipinski definition) is 27. The monoisotopic (exact) mass is 1680 g/mol. The van der Waals surface area contributed by atoms with E-state index >= 15 is 0 Å². The van der Waals surface area contributed by atoms with Gasteiger partial charge in [-0.3, -0.25) is 95.9 Å². The zero-order valence-corrected chi connectivity index (χ0v) is 66.9. The van der Waals surface area contributed by atoms with Crippen LogP contribution in [0.2, 0.25) is 0 Å². The normalized spacial score (nSPS) is 24.5. The van der Waals surface area contributed by atoms with Crippen molar-refractivity contribution < 1.29 is 126 Å². The Morgan fingerprint density at radius 1 is 0.469 bits per heavy atom. The Morgan fingerprint density at radius 2 is 0.965 bits per heavy atom. The molecule has 44 nitrogen and oxygen atoms in total. The molecule has 2 bridgehead atoms. The third kappa shape index (κ3) is 36.7. The van der Waals surface area contributed by atoms with Crippen LogP contribution in [0, 0.1) is 23.7 Å². The van der Waals surface area contributed by atoms with Gasteiger partial charge < -0.3 is 122 Å². The quantitative estimate of drug-likeness (QED) is 0.0256. The van der Waals surface area contributed by atoms with Crippen LogP contribution in [-0.2, 0) is 101 Å². The maximum Gasteiger partial charge on any atom is 0.326 e. The zero-order chi connectivity index (χ0) is 86.0. The molecule has 16 atom stereocenters. The summed E-state index contributed by atoms with van der Waals surface area (Å²) >= 11 is 0. The second-order valence-electron chi connectivity index (χ2n) is 28.0. The maximum atomic E-state index is 14.9. The highest BCUT2D eigenvalue weighted by atomic mass is 33.1. The molecule has 0 aromatic carbocycles. The Balaban J connectivity index is 3.28. The number of aliphatic hydroxyl groups excluding tert-OH is 1. The van der Waals surface area contributed by atoms with Crippen molar-refractivity contribution >= 4 is 167 Å². The number of carbonyl (C=O) groups excluding carboxylic acids is 17. The van der Waals surface area contributed by atoms with E-state index in [1.54, 1.807) is 27.7 Å². The number of aliphatic hydroxyl groups is 1. The molecule has 3 heterocycles. The summed E-state index contributed by atoms with van der Waals surface area (Å²) in [6, 6.07) is -27.7. The van der Waals surface area contributed by atoms with Crippen molar-refractivity contribution in [1.29, 1.82) is 0 Å². The second-order valence-corrected chi connectivity index (χ2v) is 33.1. The van der Waals surface area contributed by atoms with Gasteiger partial charge in [0.05, 0.1) is 38.0 Å². The van der Waals surface area contributed by atoms with Gasteiger partial charge in [-0.15, -0.1) is 0 Å². The Hall–Kier alpha value is -9.81. The van der Waals surface area contributed by atoms with Gasteiger partial charge >= 0.3 is 23.9 Å². The van der Waals surface area contributed by atoms with Crippen molar-refractivity contribution in [1.82, 2.24) is 79.8 Å². The van der Waals surface area contributed by atoms with Gasteiger partial charge in [0.2, 0.25) is 100 Å². The molecule has 0 saturated carbocycles. The molecule has 0 radical (unpaired) electrons. The molecule has 3 fully saturated rings. The average Bonchev–Trinajstić information content (AvgIpc) is 0.954.